The van der Waals surface area contributed by atoms with E-state index in [1.807, 2.05) is 0 Å². The zero-order valence-corrected chi connectivity index (χ0v) is 11.1. The van der Waals surface area contributed by atoms with Gasteiger partial charge < -0.3 is 0 Å². The molecule has 0 aliphatic carbocycles. The maximum Gasteiger partial charge on any atom is 0.168 e. The number of hydrogen-bond acceptors (Lipinski definition) is 1. The second kappa shape index (κ2) is 5.68. The van der Waals surface area contributed by atoms with Crippen molar-refractivity contribution < 1.29 is 13.6 Å². The molecule has 0 bridgehead atoms. The van der Waals surface area contributed by atoms with Crippen molar-refractivity contribution in [2.45, 2.75) is 6.42 Å². The van der Waals surface area contributed by atoms with Crippen LogP contribution in [0.2, 0.25) is 10.0 Å². The largest absolute Gasteiger partial charge is 0.294 e. The lowest BCUT2D eigenvalue weighted by Gasteiger charge is -2.05. The summed E-state index contributed by atoms with van der Waals surface area (Å²) in [6.07, 6.45) is -0.202. The number of halogens is 4. The highest BCUT2D eigenvalue weighted by molar-refractivity contribution is 6.34. The van der Waals surface area contributed by atoms with E-state index < -0.39 is 17.4 Å². The van der Waals surface area contributed by atoms with Gasteiger partial charge in [0.05, 0.1) is 5.02 Å². The Bertz CT molecular complexity index is 641. The van der Waals surface area contributed by atoms with Gasteiger partial charge in [0, 0.05) is 17.0 Å². The Labute approximate surface area is 118 Å². The van der Waals surface area contributed by atoms with Gasteiger partial charge in [0.2, 0.25) is 0 Å². The van der Waals surface area contributed by atoms with Crippen LogP contribution in [0.3, 0.4) is 0 Å². The van der Waals surface area contributed by atoms with Crippen LogP contribution in [-0.4, -0.2) is 5.78 Å². The number of carbonyl (C=O) groups excluding carboxylic acids is 1. The first-order valence-electron chi connectivity index (χ1n) is 5.40. The molecule has 2 rings (SSSR count). The molecule has 0 amide bonds. The van der Waals surface area contributed by atoms with E-state index in [2.05, 4.69) is 0 Å². The van der Waals surface area contributed by atoms with Crippen LogP contribution in [0.5, 0.6) is 0 Å². The Morgan fingerprint density at radius 1 is 1.05 bits per heavy atom. The summed E-state index contributed by atoms with van der Waals surface area (Å²) >= 11 is 11.3. The van der Waals surface area contributed by atoms with Crippen LogP contribution in [0.25, 0.3) is 0 Å². The van der Waals surface area contributed by atoms with E-state index in [9.17, 15) is 13.6 Å². The molecule has 0 saturated heterocycles. The lowest BCUT2D eigenvalue weighted by atomic mass is 10.0. The number of Topliss-reactive ketones (excluding diaryl/α,β-unsaturated/α-hetero) is 1. The average molecular weight is 301 g/mol. The normalized spacial score (nSPS) is 10.5. The number of carbonyl (C=O) groups is 1. The Morgan fingerprint density at radius 3 is 2.47 bits per heavy atom. The van der Waals surface area contributed by atoms with Gasteiger partial charge in [-0.3, -0.25) is 4.79 Å². The third-order valence-corrected chi connectivity index (χ3v) is 3.24. The van der Waals surface area contributed by atoms with Gasteiger partial charge in [-0.15, -0.1) is 0 Å². The molecule has 2 aromatic rings. The zero-order chi connectivity index (χ0) is 14.0. The topological polar surface area (TPSA) is 17.1 Å². The fourth-order valence-corrected chi connectivity index (χ4v) is 2.04. The van der Waals surface area contributed by atoms with Crippen molar-refractivity contribution >= 4 is 29.0 Å². The summed E-state index contributed by atoms with van der Waals surface area (Å²) in [6.45, 7) is 0. The minimum atomic E-state index is -0.677. The molecule has 1 nitrogen and oxygen atoms in total. The van der Waals surface area contributed by atoms with Crippen molar-refractivity contribution in [1.82, 2.24) is 0 Å². The Kier molecular flexibility index (Phi) is 4.17. The van der Waals surface area contributed by atoms with Gasteiger partial charge in [-0.25, -0.2) is 8.78 Å². The lowest BCUT2D eigenvalue weighted by Crippen LogP contribution is -2.06. The van der Waals surface area contributed by atoms with E-state index in [-0.39, 0.29) is 27.6 Å². The first kappa shape index (κ1) is 14.0. The standard InChI is InChI=1S/C14H8Cl2F2O/c15-9-5-4-8(12(18)7-9)6-13(19)10-2-1-3-11(17)14(10)16/h1-5,7H,6H2. The smallest absolute Gasteiger partial charge is 0.168 e. The van der Waals surface area contributed by atoms with Crippen LogP contribution in [-0.2, 0) is 6.42 Å². The number of benzene rings is 2. The third kappa shape index (κ3) is 3.11. The van der Waals surface area contributed by atoms with Gasteiger partial charge in [0.1, 0.15) is 11.6 Å². The molecule has 0 radical (unpaired) electrons. The molecule has 0 N–H and O–H groups in total. The molecule has 0 aliphatic rings. The molecular weight excluding hydrogens is 293 g/mol. The molecule has 0 fully saturated rings. The highest BCUT2D eigenvalue weighted by Crippen LogP contribution is 2.22. The van der Waals surface area contributed by atoms with Crippen LogP contribution in [0.1, 0.15) is 15.9 Å². The monoisotopic (exact) mass is 300 g/mol. The van der Waals surface area contributed by atoms with E-state index >= 15 is 0 Å². The van der Waals surface area contributed by atoms with Crippen molar-refractivity contribution in [3.8, 4) is 0 Å². The minimum Gasteiger partial charge on any atom is -0.294 e. The van der Waals surface area contributed by atoms with Gasteiger partial charge in [0.15, 0.2) is 5.78 Å². The van der Waals surface area contributed by atoms with Crippen molar-refractivity contribution in [2.75, 3.05) is 0 Å². The molecule has 0 aliphatic heterocycles. The maximum atomic E-state index is 13.6. The summed E-state index contributed by atoms with van der Waals surface area (Å²) in [5.41, 5.74) is 0.228. The van der Waals surface area contributed by atoms with E-state index in [0.29, 0.717) is 0 Å². The molecule has 2 aromatic carbocycles. The van der Waals surface area contributed by atoms with Gasteiger partial charge in [-0.2, -0.15) is 0 Å². The summed E-state index contributed by atoms with van der Waals surface area (Å²) in [7, 11) is 0. The number of rotatable bonds is 3. The fraction of sp³-hybridized carbons (Fsp3) is 0.0714. The number of hydrogen-bond donors (Lipinski definition) is 0. The SMILES string of the molecule is O=C(Cc1ccc(Cl)cc1F)c1cccc(F)c1Cl. The fourth-order valence-electron chi connectivity index (χ4n) is 1.65. The molecule has 0 atom stereocenters. The molecule has 0 aromatic heterocycles. The van der Waals surface area contributed by atoms with Gasteiger partial charge in [-0.05, 0) is 29.8 Å². The molecule has 0 heterocycles. The molecule has 0 unspecified atom stereocenters. The van der Waals surface area contributed by atoms with Crippen LogP contribution in [0.15, 0.2) is 36.4 Å². The highest BCUT2D eigenvalue weighted by Gasteiger charge is 2.15. The molecule has 19 heavy (non-hydrogen) atoms. The molecular formula is C14H8Cl2F2O. The van der Waals surface area contributed by atoms with Crippen molar-refractivity contribution in [1.29, 1.82) is 0 Å². The highest BCUT2D eigenvalue weighted by atomic mass is 35.5. The summed E-state index contributed by atoms with van der Waals surface area (Å²) in [4.78, 5) is 12.0. The molecule has 0 spiro atoms. The molecule has 0 saturated carbocycles. The summed E-state index contributed by atoms with van der Waals surface area (Å²) in [6, 6.07) is 7.97. The van der Waals surface area contributed by atoms with E-state index in [1.165, 1.54) is 24.3 Å². The second-order valence-corrected chi connectivity index (χ2v) is 4.75. The van der Waals surface area contributed by atoms with E-state index in [1.54, 1.807) is 0 Å². The second-order valence-electron chi connectivity index (χ2n) is 3.94. The summed E-state index contributed by atoms with van der Waals surface area (Å²) in [5, 5.41) is -0.000594. The minimum absolute atomic E-state index is 0.0380. The van der Waals surface area contributed by atoms with Gasteiger partial charge >= 0.3 is 0 Å². The predicted octanol–water partition coefficient (Wildman–Crippen LogP) is 4.70. The molecule has 98 valence electrons. The first-order chi connectivity index (χ1) is 8.99. The maximum absolute atomic E-state index is 13.6. The van der Waals surface area contributed by atoms with Crippen molar-refractivity contribution in [3.63, 3.8) is 0 Å². The Morgan fingerprint density at radius 2 is 1.79 bits per heavy atom. The summed E-state index contributed by atoms with van der Waals surface area (Å²) < 4.78 is 26.8. The lowest BCUT2D eigenvalue weighted by molar-refractivity contribution is 0.0991. The van der Waals surface area contributed by atoms with Gasteiger partial charge in [0.25, 0.3) is 0 Å². The first-order valence-corrected chi connectivity index (χ1v) is 6.16. The zero-order valence-electron chi connectivity index (χ0n) is 9.59. The van der Waals surface area contributed by atoms with Gasteiger partial charge in [-0.1, -0.05) is 35.3 Å². The van der Waals surface area contributed by atoms with Crippen LogP contribution in [0, 0.1) is 11.6 Å². The number of ketones is 1. The Hall–Kier alpha value is -1.45. The third-order valence-electron chi connectivity index (χ3n) is 2.62. The quantitative estimate of drug-likeness (QED) is 0.751. The van der Waals surface area contributed by atoms with Crippen LogP contribution in [0.4, 0.5) is 8.78 Å². The summed E-state index contributed by atoms with van der Waals surface area (Å²) in [5.74, 6) is -1.71. The van der Waals surface area contributed by atoms with Crippen molar-refractivity contribution in [3.05, 3.63) is 69.2 Å². The van der Waals surface area contributed by atoms with Crippen LogP contribution < -0.4 is 0 Å². The molecule has 5 heteroatoms. The average Bonchev–Trinajstić information content (AvgIpc) is 2.36. The predicted molar refractivity (Wildman–Crippen MR) is 70.9 cm³/mol. The Balaban J connectivity index is 2.28. The van der Waals surface area contributed by atoms with E-state index in [0.717, 1.165) is 12.1 Å². The van der Waals surface area contributed by atoms with Crippen molar-refractivity contribution in [2.24, 2.45) is 0 Å². The van der Waals surface area contributed by atoms with E-state index in [4.69, 9.17) is 23.2 Å². The van der Waals surface area contributed by atoms with Crippen LogP contribution >= 0.6 is 23.2 Å².